The van der Waals surface area contributed by atoms with Gasteiger partial charge < -0.3 is 0 Å². The minimum atomic E-state index is -0.216. The van der Waals surface area contributed by atoms with E-state index in [0.717, 1.165) is 11.4 Å². The molecule has 3 rings (SSSR count). The second-order valence-corrected chi connectivity index (χ2v) is 5.89. The molecule has 0 aliphatic heterocycles. The zero-order chi connectivity index (χ0) is 18.1. The summed E-state index contributed by atoms with van der Waals surface area (Å²) in [5.41, 5.74) is 2.88. The number of nitrogens with one attached hydrogen (secondary N) is 1. The Kier molecular flexibility index (Phi) is 4.30. The number of carbonyl (C=O) groups excluding carboxylic acids is 2. The highest BCUT2D eigenvalue weighted by molar-refractivity contribution is 5.96. The highest BCUT2D eigenvalue weighted by Crippen LogP contribution is 2.14. The van der Waals surface area contributed by atoms with Gasteiger partial charge in [-0.15, -0.1) is 10.2 Å². The standard InChI is InChI=1S/C16H19N7O2/c1-9-5-7-22-15(17-9)19-20-16(22)18-13(25)6-8-23-11(3)14(12(4)24)10(2)21-23/h5,7H,6,8H2,1-4H3,(H,18,20,25). The normalized spacial score (nSPS) is 11.0. The van der Waals surface area contributed by atoms with Crippen LogP contribution in [0.15, 0.2) is 12.3 Å². The first-order chi connectivity index (χ1) is 11.9. The predicted molar refractivity (Wildman–Crippen MR) is 90.5 cm³/mol. The summed E-state index contributed by atoms with van der Waals surface area (Å²) in [6, 6.07) is 1.81. The van der Waals surface area contributed by atoms with Gasteiger partial charge in [-0.05, 0) is 33.8 Å². The third-order valence-corrected chi connectivity index (χ3v) is 3.95. The number of Topliss-reactive ketones (excluding diaryl/α,β-unsaturated/α-hetero) is 1. The highest BCUT2D eigenvalue weighted by atomic mass is 16.1. The van der Waals surface area contributed by atoms with E-state index in [0.29, 0.717) is 29.5 Å². The van der Waals surface area contributed by atoms with Crippen LogP contribution in [0.1, 0.15) is 40.8 Å². The molecule has 0 aromatic carbocycles. The molecule has 3 heterocycles. The molecule has 3 aromatic heterocycles. The molecule has 3 aromatic rings. The minimum absolute atomic E-state index is 0.0246. The van der Waals surface area contributed by atoms with Gasteiger partial charge in [-0.25, -0.2) is 4.98 Å². The van der Waals surface area contributed by atoms with Gasteiger partial charge in [-0.2, -0.15) is 5.10 Å². The number of rotatable bonds is 5. The topological polar surface area (TPSA) is 107 Å². The second kappa shape index (κ2) is 6.42. The van der Waals surface area contributed by atoms with Crippen molar-refractivity contribution in [2.24, 2.45) is 0 Å². The van der Waals surface area contributed by atoms with Crippen LogP contribution in [0.5, 0.6) is 0 Å². The number of anilines is 1. The lowest BCUT2D eigenvalue weighted by atomic mass is 10.1. The van der Waals surface area contributed by atoms with Crippen LogP contribution in [0.3, 0.4) is 0 Å². The summed E-state index contributed by atoms with van der Waals surface area (Å²) in [7, 11) is 0. The lowest BCUT2D eigenvalue weighted by Crippen LogP contribution is -2.17. The summed E-state index contributed by atoms with van der Waals surface area (Å²) in [5, 5.41) is 14.9. The Morgan fingerprint density at radius 1 is 1.20 bits per heavy atom. The molecule has 0 saturated carbocycles. The quantitative estimate of drug-likeness (QED) is 0.704. The van der Waals surface area contributed by atoms with Gasteiger partial charge in [0.2, 0.25) is 11.9 Å². The number of ketones is 1. The van der Waals surface area contributed by atoms with Crippen molar-refractivity contribution in [1.82, 2.24) is 29.4 Å². The van der Waals surface area contributed by atoms with Crippen molar-refractivity contribution in [2.75, 3.05) is 5.32 Å². The van der Waals surface area contributed by atoms with Crippen LogP contribution in [-0.4, -0.2) is 41.1 Å². The SMILES string of the molecule is CC(=O)c1c(C)nn(CCC(=O)Nc2nnc3nc(C)ccn23)c1C. The predicted octanol–water partition coefficient (Wildman–Crippen LogP) is 1.48. The van der Waals surface area contributed by atoms with Gasteiger partial charge in [0, 0.05) is 30.6 Å². The van der Waals surface area contributed by atoms with Gasteiger partial charge >= 0.3 is 0 Å². The Morgan fingerprint density at radius 2 is 1.96 bits per heavy atom. The van der Waals surface area contributed by atoms with Gasteiger partial charge in [0.15, 0.2) is 5.78 Å². The number of aryl methyl sites for hydroxylation is 3. The molecule has 0 saturated heterocycles. The molecule has 9 heteroatoms. The summed E-state index contributed by atoms with van der Waals surface area (Å²) >= 11 is 0. The first kappa shape index (κ1) is 16.7. The first-order valence-electron chi connectivity index (χ1n) is 7.90. The van der Waals surface area contributed by atoms with Crippen molar-refractivity contribution in [2.45, 2.75) is 40.7 Å². The maximum Gasteiger partial charge on any atom is 0.256 e. The van der Waals surface area contributed by atoms with E-state index in [1.165, 1.54) is 6.92 Å². The summed E-state index contributed by atoms with van der Waals surface area (Å²) < 4.78 is 3.29. The molecule has 0 fully saturated rings. The highest BCUT2D eigenvalue weighted by Gasteiger charge is 2.16. The minimum Gasteiger partial charge on any atom is -0.294 e. The van der Waals surface area contributed by atoms with Gasteiger partial charge in [0.25, 0.3) is 5.78 Å². The Hall–Kier alpha value is -3.10. The third-order valence-electron chi connectivity index (χ3n) is 3.95. The van der Waals surface area contributed by atoms with Gasteiger partial charge in [-0.3, -0.25) is 24.0 Å². The third kappa shape index (κ3) is 3.25. The Labute approximate surface area is 144 Å². The van der Waals surface area contributed by atoms with Crippen LogP contribution in [0.2, 0.25) is 0 Å². The van der Waals surface area contributed by atoms with E-state index < -0.39 is 0 Å². The molecule has 0 spiro atoms. The number of aromatic nitrogens is 6. The molecular formula is C16H19N7O2. The molecule has 0 radical (unpaired) electrons. The molecule has 0 atom stereocenters. The fourth-order valence-corrected chi connectivity index (χ4v) is 2.78. The van der Waals surface area contributed by atoms with E-state index >= 15 is 0 Å². The van der Waals surface area contributed by atoms with Crippen molar-refractivity contribution < 1.29 is 9.59 Å². The van der Waals surface area contributed by atoms with Crippen molar-refractivity contribution in [3.8, 4) is 0 Å². The average molecular weight is 341 g/mol. The Balaban J connectivity index is 1.69. The molecule has 1 amide bonds. The second-order valence-electron chi connectivity index (χ2n) is 5.89. The van der Waals surface area contributed by atoms with E-state index in [1.54, 1.807) is 22.2 Å². The number of nitrogens with zero attached hydrogens (tertiary/aromatic N) is 6. The summed E-state index contributed by atoms with van der Waals surface area (Å²) in [5.74, 6) is 0.514. The number of fused-ring (bicyclic) bond motifs is 1. The summed E-state index contributed by atoms with van der Waals surface area (Å²) in [6.07, 6.45) is 1.96. The molecule has 0 unspecified atom stereocenters. The van der Waals surface area contributed by atoms with E-state index in [-0.39, 0.29) is 18.1 Å². The molecule has 130 valence electrons. The fraction of sp³-hybridized carbons (Fsp3) is 0.375. The Morgan fingerprint density at radius 3 is 2.64 bits per heavy atom. The van der Waals surface area contributed by atoms with Crippen molar-refractivity contribution in [3.63, 3.8) is 0 Å². The van der Waals surface area contributed by atoms with Crippen LogP contribution >= 0.6 is 0 Å². The smallest absolute Gasteiger partial charge is 0.256 e. The number of carbonyl (C=O) groups is 2. The zero-order valence-electron chi connectivity index (χ0n) is 14.6. The van der Waals surface area contributed by atoms with Gasteiger partial charge in [0.05, 0.1) is 11.3 Å². The molecule has 1 N–H and O–H groups in total. The average Bonchev–Trinajstić information content (AvgIpc) is 3.05. The lowest BCUT2D eigenvalue weighted by Gasteiger charge is -2.06. The van der Waals surface area contributed by atoms with Gasteiger partial charge in [-0.1, -0.05) is 0 Å². The van der Waals surface area contributed by atoms with E-state index in [1.807, 2.05) is 19.9 Å². The van der Waals surface area contributed by atoms with E-state index in [4.69, 9.17) is 0 Å². The molecule has 0 aliphatic rings. The molecule has 0 aliphatic carbocycles. The zero-order valence-corrected chi connectivity index (χ0v) is 14.6. The largest absolute Gasteiger partial charge is 0.294 e. The number of amides is 1. The van der Waals surface area contributed by atoms with Crippen molar-refractivity contribution >= 4 is 23.4 Å². The first-order valence-corrected chi connectivity index (χ1v) is 7.90. The van der Waals surface area contributed by atoms with Crippen LogP contribution < -0.4 is 5.32 Å². The van der Waals surface area contributed by atoms with E-state index in [9.17, 15) is 9.59 Å². The van der Waals surface area contributed by atoms with Crippen molar-refractivity contribution in [3.05, 3.63) is 34.9 Å². The maximum absolute atomic E-state index is 12.2. The number of hydrogen-bond donors (Lipinski definition) is 1. The van der Waals surface area contributed by atoms with Crippen LogP contribution in [0, 0.1) is 20.8 Å². The van der Waals surface area contributed by atoms with Crippen molar-refractivity contribution in [1.29, 1.82) is 0 Å². The fourth-order valence-electron chi connectivity index (χ4n) is 2.78. The molecule has 0 bridgehead atoms. The Bertz CT molecular complexity index is 970. The molecule has 25 heavy (non-hydrogen) atoms. The van der Waals surface area contributed by atoms with Crippen LogP contribution in [-0.2, 0) is 11.3 Å². The van der Waals surface area contributed by atoms with Gasteiger partial charge in [0.1, 0.15) is 0 Å². The number of hydrogen-bond acceptors (Lipinski definition) is 6. The summed E-state index contributed by atoms with van der Waals surface area (Å²) in [4.78, 5) is 28.1. The maximum atomic E-state index is 12.2. The monoisotopic (exact) mass is 341 g/mol. The van der Waals surface area contributed by atoms with Crippen LogP contribution in [0.4, 0.5) is 5.95 Å². The molecule has 9 nitrogen and oxygen atoms in total. The van der Waals surface area contributed by atoms with Crippen LogP contribution in [0.25, 0.3) is 5.78 Å². The summed E-state index contributed by atoms with van der Waals surface area (Å²) in [6.45, 7) is 7.36. The van der Waals surface area contributed by atoms with E-state index in [2.05, 4.69) is 25.6 Å². The lowest BCUT2D eigenvalue weighted by molar-refractivity contribution is -0.116. The molecular weight excluding hydrogens is 322 g/mol.